The third kappa shape index (κ3) is 1.48. The van der Waals surface area contributed by atoms with Crippen LogP contribution in [0.25, 0.3) is 10.9 Å². The topological polar surface area (TPSA) is 43.3 Å². The number of rotatable bonds is 1. The second-order valence-electron chi connectivity index (χ2n) is 5.79. The Balaban J connectivity index is 1.96. The Morgan fingerprint density at radius 2 is 2.20 bits per heavy atom. The van der Waals surface area contributed by atoms with E-state index < -0.39 is 0 Å². The zero-order chi connectivity index (χ0) is 13.9. The standard InChI is InChI=1S/C16H18N2O2/c1-18-14-7-9(20-2)3-4-10(14)11-8-13-15(19)6-5-12(17-13)16(11)18/h3-4,7,12-13,17H,5-6,8H2,1-2H3/t12-,13-/m0/s1. The Morgan fingerprint density at radius 1 is 1.35 bits per heavy atom. The molecule has 0 amide bonds. The summed E-state index contributed by atoms with van der Waals surface area (Å²) < 4.78 is 7.59. The van der Waals surface area contributed by atoms with Gasteiger partial charge in [0.25, 0.3) is 0 Å². The van der Waals surface area contributed by atoms with Gasteiger partial charge in [0.05, 0.1) is 18.7 Å². The first-order chi connectivity index (χ1) is 9.69. The molecule has 0 aliphatic carbocycles. The second kappa shape index (κ2) is 4.09. The molecule has 4 heteroatoms. The molecule has 4 nitrogen and oxygen atoms in total. The number of nitrogens with one attached hydrogen (secondary N) is 1. The van der Waals surface area contributed by atoms with Crippen LogP contribution in [0.4, 0.5) is 0 Å². The van der Waals surface area contributed by atoms with Crippen LogP contribution in [0.5, 0.6) is 5.75 Å². The Bertz CT molecular complexity index is 717. The zero-order valence-corrected chi connectivity index (χ0v) is 11.8. The zero-order valence-electron chi connectivity index (χ0n) is 11.8. The highest BCUT2D eigenvalue weighted by Gasteiger charge is 2.37. The van der Waals surface area contributed by atoms with E-state index in [1.54, 1.807) is 7.11 Å². The lowest BCUT2D eigenvalue weighted by molar-refractivity contribution is -0.123. The number of piperidine rings is 1. The maximum absolute atomic E-state index is 12.0. The number of hydrogen-bond acceptors (Lipinski definition) is 3. The summed E-state index contributed by atoms with van der Waals surface area (Å²) in [6.45, 7) is 0. The molecule has 2 bridgehead atoms. The molecule has 0 radical (unpaired) electrons. The first-order valence-corrected chi connectivity index (χ1v) is 7.13. The summed E-state index contributed by atoms with van der Waals surface area (Å²) in [6, 6.07) is 6.53. The summed E-state index contributed by atoms with van der Waals surface area (Å²) in [5, 5.41) is 4.75. The fourth-order valence-corrected chi connectivity index (χ4v) is 3.77. The van der Waals surface area contributed by atoms with Crippen LogP contribution in [0.2, 0.25) is 0 Å². The first-order valence-electron chi connectivity index (χ1n) is 7.13. The van der Waals surface area contributed by atoms with E-state index in [2.05, 4.69) is 29.1 Å². The highest BCUT2D eigenvalue weighted by molar-refractivity contribution is 5.91. The number of carbonyl (C=O) groups excluding carboxylic acids is 1. The van der Waals surface area contributed by atoms with Crippen LogP contribution in [0.3, 0.4) is 0 Å². The Kier molecular flexibility index (Phi) is 2.45. The van der Waals surface area contributed by atoms with E-state index in [0.717, 1.165) is 18.6 Å². The minimum atomic E-state index is 0.00829. The quantitative estimate of drug-likeness (QED) is 0.863. The Labute approximate surface area is 117 Å². The Morgan fingerprint density at radius 3 is 3.00 bits per heavy atom. The molecule has 1 saturated heterocycles. The highest BCUT2D eigenvalue weighted by atomic mass is 16.5. The van der Waals surface area contributed by atoms with Gasteiger partial charge in [-0.25, -0.2) is 0 Å². The molecule has 104 valence electrons. The van der Waals surface area contributed by atoms with E-state index in [9.17, 15) is 4.79 Å². The molecule has 3 heterocycles. The molecule has 20 heavy (non-hydrogen) atoms. The molecule has 2 aliphatic rings. The van der Waals surface area contributed by atoms with E-state index >= 15 is 0 Å². The van der Waals surface area contributed by atoms with Crippen LogP contribution in [0.1, 0.15) is 30.1 Å². The first kappa shape index (κ1) is 12.0. The van der Waals surface area contributed by atoms with E-state index in [1.165, 1.54) is 22.2 Å². The van der Waals surface area contributed by atoms with Gasteiger partial charge >= 0.3 is 0 Å². The van der Waals surface area contributed by atoms with Crippen molar-refractivity contribution in [3.63, 3.8) is 0 Å². The predicted molar refractivity (Wildman–Crippen MR) is 77.1 cm³/mol. The number of aromatic nitrogens is 1. The van der Waals surface area contributed by atoms with E-state index in [4.69, 9.17) is 4.74 Å². The molecule has 0 spiro atoms. The van der Waals surface area contributed by atoms with Gasteiger partial charge in [0, 0.05) is 36.7 Å². The normalized spacial score (nSPS) is 24.8. The maximum Gasteiger partial charge on any atom is 0.150 e. The van der Waals surface area contributed by atoms with Crippen molar-refractivity contribution < 1.29 is 9.53 Å². The summed E-state index contributed by atoms with van der Waals surface area (Å²) in [5.74, 6) is 1.24. The predicted octanol–water partition coefficient (Wildman–Crippen LogP) is 2.11. The summed E-state index contributed by atoms with van der Waals surface area (Å²) in [5.41, 5.74) is 3.88. The summed E-state index contributed by atoms with van der Waals surface area (Å²) in [4.78, 5) is 12.0. The minimum absolute atomic E-state index is 0.00829. The molecule has 2 aliphatic heterocycles. The van der Waals surface area contributed by atoms with Crippen molar-refractivity contribution in [2.24, 2.45) is 7.05 Å². The van der Waals surface area contributed by atoms with E-state index in [-0.39, 0.29) is 6.04 Å². The molecule has 0 saturated carbocycles. The monoisotopic (exact) mass is 270 g/mol. The van der Waals surface area contributed by atoms with Gasteiger partial charge in [-0.3, -0.25) is 10.1 Å². The van der Waals surface area contributed by atoms with Gasteiger partial charge in [-0.15, -0.1) is 0 Å². The average Bonchev–Trinajstić information content (AvgIpc) is 2.76. The van der Waals surface area contributed by atoms with Crippen molar-refractivity contribution in [3.8, 4) is 5.75 Å². The number of carbonyl (C=O) groups is 1. The molecule has 1 aromatic heterocycles. The number of fused-ring (bicyclic) bond motifs is 6. The highest BCUT2D eigenvalue weighted by Crippen LogP contribution is 2.39. The average molecular weight is 270 g/mol. The number of nitrogens with zero attached hydrogens (tertiary/aromatic N) is 1. The van der Waals surface area contributed by atoms with E-state index in [0.29, 0.717) is 18.2 Å². The van der Waals surface area contributed by atoms with Crippen LogP contribution >= 0.6 is 0 Å². The van der Waals surface area contributed by atoms with Gasteiger partial charge in [-0.2, -0.15) is 0 Å². The molecule has 1 fully saturated rings. The molecule has 1 N–H and O–H groups in total. The minimum Gasteiger partial charge on any atom is -0.497 e. The lowest BCUT2D eigenvalue weighted by Crippen LogP contribution is -2.48. The van der Waals surface area contributed by atoms with Crippen LogP contribution < -0.4 is 10.1 Å². The molecule has 0 unspecified atom stereocenters. The molecular weight excluding hydrogens is 252 g/mol. The maximum atomic E-state index is 12.0. The number of Topliss-reactive ketones (excluding diaryl/α,β-unsaturated/α-hetero) is 1. The van der Waals surface area contributed by atoms with Crippen LogP contribution in [0, 0.1) is 0 Å². The van der Waals surface area contributed by atoms with Gasteiger partial charge in [-0.05, 0) is 30.5 Å². The van der Waals surface area contributed by atoms with Gasteiger partial charge in [0.15, 0.2) is 0 Å². The third-order valence-electron chi connectivity index (χ3n) is 4.77. The SMILES string of the molecule is COc1ccc2c3c(n(C)c2c1)[C@@H]1CCC(=O)[C@H](C3)N1. The molecule has 2 atom stereocenters. The van der Waals surface area contributed by atoms with Crippen molar-refractivity contribution in [1.29, 1.82) is 0 Å². The van der Waals surface area contributed by atoms with Crippen LogP contribution in [-0.2, 0) is 18.3 Å². The van der Waals surface area contributed by atoms with Crippen molar-refractivity contribution in [1.82, 2.24) is 9.88 Å². The number of ether oxygens (including phenoxy) is 1. The lowest BCUT2D eigenvalue weighted by atomic mass is 9.84. The van der Waals surface area contributed by atoms with Crippen molar-refractivity contribution in [2.45, 2.75) is 31.3 Å². The van der Waals surface area contributed by atoms with Gasteiger partial charge in [0.1, 0.15) is 11.5 Å². The van der Waals surface area contributed by atoms with Gasteiger partial charge in [-0.1, -0.05) is 0 Å². The smallest absolute Gasteiger partial charge is 0.150 e. The summed E-state index contributed by atoms with van der Waals surface area (Å²) in [7, 11) is 3.80. The number of methoxy groups -OCH3 is 1. The largest absolute Gasteiger partial charge is 0.497 e. The van der Waals surface area contributed by atoms with E-state index in [1.807, 2.05) is 6.07 Å². The van der Waals surface area contributed by atoms with Gasteiger partial charge in [0.2, 0.25) is 0 Å². The number of aryl methyl sites for hydroxylation is 1. The van der Waals surface area contributed by atoms with Crippen LogP contribution in [0.15, 0.2) is 18.2 Å². The van der Waals surface area contributed by atoms with Gasteiger partial charge < -0.3 is 9.30 Å². The van der Waals surface area contributed by atoms with Crippen molar-refractivity contribution in [2.75, 3.05) is 7.11 Å². The number of ketones is 1. The van der Waals surface area contributed by atoms with Crippen LogP contribution in [-0.4, -0.2) is 23.5 Å². The molecule has 2 aromatic rings. The number of hydrogen-bond donors (Lipinski definition) is 1. The molecular formula is C16H18N2O2. The summed E-state index contributed by atoms with van der Waals surface area (Å²) >= 11 is 0. The Hall–Kier alpha value is -1.81. The fraction of sp³-hybridized carbons (Fsp3) is 0.438. The second-order valence-corrected chi connectivity index (χ2v) is 5.79. The fourth-order valence-electron chi connectivity index (χ4n) is 3.77. The lowest BCUT2D eigenvalue weighted by Gasteiger charge is -2.35. The van der Waals surface area contributed by atoms with Crippen molar-refractivity contribution in [3.05, 3.63) is 29.5 Å². The van der Waals surface area contributed by atoms with Crippen molar-refractivity contribution >= 4 is 16.7 Å². The summed E-state index contributed by atoms with van der Waals surface area (Å²) in [6.07, 6.45) is 2.42. The number of benzene rings is 1. The third-order valence-corrected chi connectivity index (χ3v) is 4.77. The molecule has 4 rings (SSSR count). The molecule has 1 aromatic carbocycles.